The molecule has 0 saturated heterocycles. The molecule has 6 nitrogen and oxygen atoms in total. The molecular weight excluding hydrogens is 340 g/mol. The number of carbonyl (C=O) groups excluding carboxylic acids is 2. The van der Waals surface area contributed by atoms with Crippen molar-refractivity contribution in [2.75, 3.05) is 6.54 Å². The fourth-order valence-electron chi connectivity index (χ4n) is 3.17. The molecule has 0 aliphatic carbocycles. The fraction of sp³-hybridized carbons (Fsp3) is 0.190. The number of hydrogen-bond donors (Lipinski definition) is 2. The third kappa shape index (κ3) is 3.74. The van der Waals surface area contributed by atoms with Crippen LogP contribution in [0.4, 0.5) is 0 Å². The number of nitrogens with one attached hydrogen (secondary N) is 2. The molecule has 2 aromatic heterocycles. The SMILES string of the molecule is O=C(CCC(=O)n1ccc2ccccc21)NCCc1nc2ccccc2[nH]1. The second-order valence-electron chi connectivity index (χ2n) is 6.44. The van der Waals surface area contributed by atoms with E-state index >= 15 is 0 Å². The third-order valence-corrected chi connectivity index (χ3v) is 4.56. The number of imidazole rings is 1. The van der Waals surface area contributed by atoms with Gasteiger partial charge in [-0.3, -0.25) is 14.2 Å². The molecule has 0 atom stereocenters. The van der Waals surface area contributed by atoms with Crippen molar-refractivity contribution in [3.63, 3.8) is 0 Å². The van der Waals surface area contributed by atoms with E-state index in [9.17, 15) is 9.59 Å². The maximum absolute atomic E-state index is 12.4. The van der Waals surface area contributed by atoms with E-state index in [4.69, 9.17) is 0 Å². The lowest BCUT2D eigenvalue weighted by Crippen LogP contribution is -2.26. The smallest absolute Gasteiger partial charge is 0.231 e. The van der Waals surface area contributed by atoms with E-state index in [-0.39, 0.29) is 24.7 Å². The number of carbonyl (C=O) groups is 2. The van der Waals surface area contributed by atoms with Gasteiger partial charge in [0.1, 0.15) is 5.82 Å². The van der Waals surface area contributed by atoms with Crippen LogP contribution in [-0.4, -0.2) is 32.9 Å². The maximum Gasteiger partial charge on any atom is 0.231 e. The summed E-state index contributed by atoms with van der Waals surface area (Å²) in [6.45, 7) is 0.485. The van der Waals surface area contributed by atoms with Crippen molar-refractivity contribution in [2.24, 2.45) is 0 Å². The molecule has 0 aliphatic rings. The Morgan fingerprint density at radius 3 is 2.70 bits per heavy atom. The van der Waals surface area contributed by atoms with Crippen LogP contribution in [-0.2, 0) is 11.2 Å². The lowest BCUT2D eigenvalue weighted by Gasteiger charge is -2.05. The van der Waals surface area contributed by atoms with Gasteiger partial charge >= 0.3 is 0 Å². The normalized spacial score (nSPS) is 11.1. The molecule has 4 aromatic rings. The van der Waals surface area contributed by atoms with Crippen molar-refractivity contribution in [2.45, 2.75) is 19.3 Å². The quantitative estimate of drug-likeness (QED) is 0.554. The highest BCUT2D eigenvalue weighted by Crippen LogP contribution is 2.16. The molecule has 0 spiro atoms. The maximum atomic E-state index is 12.4. The summed E-state index contributed by atoms with van der Waals surface area (Å²) < 4.78 is 1.61. The summed E-state index contributed by atoms with van der Waals surface area (Å²) in [5, 5.41) is 3.87. The fourth-order valence-corrected chi connectivity index (χ4v) is 3.17. The summed E-state index contributed by atoms with van der Waals surface area (Å²) in [6, 6.07) is 17.4. The molecule has 0 saturated carbocycles. The van der Waals surface area contributed by atoms with Gasteiger partial charge in [0.05, 0.1) is 16.6 Å². The predicted molar refractivity (Wildman–Crippen MR) is 105 cm³/mol. The molecule has 2 N–H and O–H groups in total. The van der Waals surface area contributed by atoms with Crippen LogP contribution in [0, 0.1) is 0 Å². The number of rotatable bonds is 6. The molecule has 0 radical (unpaired) electrons. The Kier molecular flexibility index (Phi) is 4.70. The number of benzene rings is 2. The van der Waals surface area contributed by atoms with Crippen LogP contribution in [0.2, 0.25) is 0 Å². The highest BCUT2D eigenvalue weighted by molar-refractivity contribution is 5.93. The lowest BCUT2D eigenvalue weighted by atomic mass is 10.2. The average Bonchev–Trinajstić information content (AvgIpc) is 3.29. The summed E-state index contributed by atoms with van der Waals surface area (Å²) in [4.78, 5) is 32.1. The first-order chi connectivity index (χ1) is 13.2. The summed E-state index contributed by atoms with van der Waals surface area (Å²) in [5.74, 6) is 0.631. The molecule has 1 amide bonds. The number of nitrogens with zero attached hydrogens (tertiary/aromatic N) is 2. The standard InChI is InChI=1S/C21H20N4O2/c26-20(22-13-11-19-23-16-6-2-3-7-17(16)24-19)9-10-21(27)25-14-12-15-5-1-4-8-18(15)25/h1-8,12,14H,9-11,13H2,(H,22,26)(H,23,24). The summed E-state index contributed by atoms with van der Waals surface area (Å²) in [5.41, 5.74) is 2.78. The van der Waals surface area contributed by atoms with E-state index in [0.29, 0.717) is 13.0 Å². The van der Waals surface area contributed by atoms with Gasteiger partial charge in [0.15, 0.2) is 0 Å². The highest BCUT2D eigenvalue weighted by atomic mass is 16.2. The Bertz CT molecular complexity index is 1080. The van der Waals surface area contributed by atoms with Crippen molar-refractivity contribution in [1.82, 2.24) is 19.9 Å². The molecule has 6 heteroatoms. The van der Waals surface area contributed by atoms with Crippen molar-refractivity contribution in [3.05, 3.63) is 66.6 Å². The third-order valence-electron chi connectivity index (χ3n) is 4.56. The van der Waals surface area contributed by atoms with Gasteiger partial charge in [-0.1, -0.05) is 30.3 Å². The van der Waals surface area contributed by atoms with Gasteiger partial charge in [-0.25, -0.2) is 4.98 Å². The second-order valence-corrected chi connectivity index (χ2v) is 6.44. The number of aromatic nitrogens is 3. The van der Waals surface area contributed by atoms with Crippen molar-refractivity contribution >= 4 is 33.8 Å². The van der Waals surface area contributed by atoms with Crippen LogP contribution in [0.25, 0.3) is 21.9 Å². The summed E-state index contributed by atoms with van der Waals surface area (Å²) in [7, 11) is 0. The topological polar surface area (TPSA) is 79.8 Å². The van der Waals surface area contributed by atoms with E-state index in [2.05, 4.69) is 15.3 Å². The Labute approximate surface area is 156 Å². The van der Waals surface area contributed by atoms with Crippen LogP contribution in [0.3, 0.4) is 0 Å². The largest absolute Gasteiger partial charge is 0.356 e. The first kappa shape index (κ1) is 17.0. The number of hydrogen-bond acceptors (Lipinski definition) is 3. The minimum Gasteiger partial charge on any atom is -0.356 e. The van der Waals surface area contributed by atoms with Crippen LogP contribution < -0.4 is 5.32 Å². The number of fused-ring (bicyclic) bond motifs is 2. The zero-order valence-electron chi connectivity index (χ0n) is 14.8. The number of H-pyrrole nitrogens is 1. The average molecular weight is 360 g/mol. The first-order valence-corrected chi connectivity index (χ1v) is 9.00. The van der Waals surface area contributed by atoms with E-state index in [1.165, 1.54) is 0 Å². The van der Waals surface area contributed by atoms with Crippen molar-refractivity contribution < 1.29 is 9.59 Å². The van der Waals surface area contributed by atoms with Crippen molar-refractivity contribution in [3.8, 4) is 0 Å². The predicted octanol–water partition coefficient (Wildman–Crippen LogP) is 3.30. The Balaban J connectivity index is 1.26. The van der Waals surface area contributed by atoms with Crippen LogP contribution in [0.1, 0.15) is 23.5 Å². The van der Waals surface area contributed by atoms with Crippen LogP contribution in [0.5, 0.6) is 0 Å². The molecule has 27 heavy (non-hydrogen) atoms. The van der Waals surface area contributed by atoms with Crippen LogP contribution >= 0.6 is 0 Å². The molecule has 4 rings (SSSR count). The second kappa shape index (κ2) is 7.45. The van der Waals surface area contributed by atoms with Crippen molar-refractivity contribution in [1.29, 1.82) is 0 Å². The number of aromatic amines is 1. The van der Waals surface area contributed by atoms with Gasteiger partial charge < -0.3 is 10.3 Å². The first-order valence-electron chi connectivity index (χ1n) is 9.00. The number of para-hydroxylation sites is 3. The van der Waals surface area contributed by atoms with Gasteiger partial charge in [-0.05, 0) is 24.3 Å². The monoisotopic (exact) mass is 360 g/mol. The molecule has 0 unspecified atom stereocenters. The van der Waals surface area contributed by atoms with E-state index in [0.717, 1.165) is 27.8 Å². The van der Waals surface area contributed by atoms with E-state index < -0.39 is 0 Å². The van der Waals surface area contributed by atoms with Gasteiger partial charge in [-0.2, -0.15) is 0 Å². The zero-order chi connectivity index (χ0) is 18.6. The van der Waals surface area contributed by atoms with Gasteiger partial charge in [0.2, 0.25) is 11.8 Å². The highest BCUT2D eigenvalue weighted by Gasteiger charge is 2.11. The molecular formula is C21H20N4O2. The minimum atomic E-state index is -0.129. The Hall–Kier alpha value is -3.41. The Morgan fingerprint density at radius 2 is 1.81 bits per heavy atom. The minimum absolute atomic E-state index is 0.0800. The molecule has 0 bridgehead atoms. The molecule has 136 valence electrons. The van der Waals surface area contributed by atoms with E-state index in [1.54, 1.807) is 10.8 Å². The van der Waals surface area contributed by atoms with Gasteiger partial charge in [0.25, 0.3) is 0 Å². The van der Waals surface area contributed by atoms with Gasteiger partial charge in [0, 0.05) is 37.4 Å². The number of amides is 1. The zero-order valence-corrected chi connectivity index (χ0v) is 14.8. The summed E-state index contributed by atoms with van der Waals surface area (Å²) in [6.07, 6.45) is 2.73. The Morgan fingerprint density at radius 1 is 1.00 bits per heavy atom. The molecule has 2 aromatic carbocycles. The lowest BCUT2D eigenvalue weighted by molar-refractivity contribution is -0.121. The summed E-state index contributed by atoms with van der Waals surface area (Å²) >= 11 is 0. The van der Waals surface area contributed by atoms with Crippen LogP contribution in [0.15, 0.2) is 60.8 Å². The van der Waals surface area contributed by atoms with E-state index in [1.807, 2.05) is 54.6 Å². The van der Waals surface area contributed by atoms with Gasteiger partial charge in [-0.15, -0.1) is 0 Å². The molecule has 0 aliphatic heterocycles. The molecule has 2 heterocycles. The molecule has 0 fully saturated rings.